The van der Waals surface area contributed by atoms with Gasteiger partial charge in [-0.2, -0.15) is 5.10 Å². The number of hydrazone groups is 1. The van der Waals surface area contributed by atoms with Crippen molar-refractivity contribution in [1.29, 1.82) is 0 Å². The Kier molecular flexibility index (Phi) is 3.57. The summed E-state index contributed by atoms with van der Waals surface area (Å²) in [5, 5.41) is 6.81. The summed E-state index contributed by atoms with van der Waals surface area (Å²) in [6.45, 7) is 6.05. The van der Waals surface area contributed by atoms with Crippen LogP contribution in [0, 0.1) is 5.92 Å². The van der Waals surface area contributed by atoms with E-state index in [4.69, 9.17) is 10.1 Å². The van der Waals surface area contributed by atoms with Gasteiger partial charge in [0.15, 0.2) is 0 Å². The number of para-hydroxylation sites is 1. The first-order valence-electron chi connectivity index (χ1n) is 9.05. The maximum atomic E-state index is 13.3. The first-order chi connectivity index (χ1) is 13.3. The van der Waals surface area contributed by atoms with Gasteiger partial charge in [-0.15, -0.1) is 6.58 Å². The molecule has 134 valence electrons. The lowest BCUT2D eigenvalue weighted by molar-refractivity contribution is 0.658. The van der Waals surface area contributed by atoms with Crippen LogP contribution in [0.25, 0.3) is 5.65 Å². The van der Waals surface area contributed by atoms with E-state index in [9.17, 15) is 4.79 Å². The number of anilines is 2. The fourth-order valence-electron chi connectivity index (χ4n) is 3.91. The maximum Gasteiger partial charge on any atom is 0.269 e. The van der Waals surface area contributed by atoms with Crippen LogP contribution < -0.4 is 15.5 Å². The Morgan fingerprint density at radius 1 is 1.11 bits per heavy atom. The number of fused-ring (bicyclic) bond motifs is 4. The molecule has 0 unspecified atom stereocenters. The Morgan fingerprint density at radius 2 is 1.93 bits per heavy atom. The molecular weight excluding hydrogens is 338 g/mol. The molecule has 3 aromatic rings. The Balaban J connectivity index is 1.71. The summed E-state index contributed by atoms with van der Waals surface area (Å²) in [7, 11) is 0. The molecule has 0 amide bonds. The highest BCUT2D eigenvalue weighted by atomic mass is 16.1. The second-order valence-corrected chi connectivity index (χ2v) is 6.84. The molecule has 5 rings (SSSR count). The molecule has 0 saturated carbocycles. The second kappa shape index (κ2) is 6.09. The van der Waals surface area contributed by atoms with Crippen LogP contribution in [0.3, 0.4) is 0 Å². The highest BCUT2D eigenvalue weighted by molar-refractivity contribution is 6.09. The van der Waals surface area contributed by atoms with E-state index in [2.05, 4.69) is 11.5 Å². The third-order valence-electron chi connectivity index (χ3n) is 5.12. The second-order valence-electron chi connectivity index (χ2n) is 6.84. The van der Waals surface area contributed by atoms with Crippen molar-refractivity contribution in [3.8, 4) is 0 Å². The van der Waals surface area contributed by atoms with Crippen LogP contribution in [0.1, 0.15) is 5.56 Å². The van der Waals surface area contributed by atoms with Gasteiger partial charge < -0.3 is 4.90 Å². The zero-order valence-corrected chi connectivity index (χ0v) is 14.8. The van der Waals surface area contributed by atoms with E-state index in [-0.39, 0.29) is 11.5 Å². The number of nitrogens with zero attached hydrogens (tertiary/aromatic N) is 5. The topological polar surface area (TPSA) is 53.2 Å². The molecule has 0 N–H and O–H groups in total. The first-order valence-corrected chi connectivity index (χ1v) is 9.05. The van der Waals surface area contributed by atoms with Crippen molar-refractivity contribution in [3.05, 3.63) is 83.3 Å². The van der Waals surface area contributed by atoms with Crippen molar-refractivity contribution in [2.75, 3.05) is 29.5 Å². The molecule has 4 heterocycles. The van der Waals surface area contributed by atoms with E-state index in [1.807, 2.05) is 59.6 Å². The van der Waals surface area contributed by atoms with Crippen molar-refractivity contribution in [2.45, 2.75) is 0 Å². The van der Waals surface area contributed by atoms with Crippen molar-refractivity contribution in [1.82, 2.24) is 9.38 Å². The van der Waals surface area contributed by atoms with Crippen LogP contribution in [-0.4, -0.2) is 34.7 Å². The summed E-state index contributed by atoms with van der Waals surface area (Å²) in [5.41, 5.74) is 3.06. The van der Waals surface area contributed by atoms with E-state index in [1.165, 1.54) is 0 Å². The molecule has 0 fully saturated rings. The molecule has 6 heteroatoms. The van der Waals surface area contributed by atoms with E-state index < -0.39 is 0 Å². The molecule has 0 bridgehead atoms. The summed E-state index contributed by atoms with van der Waals surface area (Å²) < 4.78 is 1.60. The SMILES string of the molecule is C=CCN1C[C@@H]2CN(c3ccccc3)N=C2c2c1nc1ccccn1c2=O. The molecule has 1 atom stereocenters. The van der Waals surface area contributed by atoms with Gasteiger partial charge in [-0.3, -0.25) is 14.2 Å². The molecule has 0 aliphatic carbocycles. The number of benzene rings is 1. The van der Waals surface area contributed by atoms with Crippen LogP contribution in [0.15, 0.2) is 77.3 Å². The van der Waals surface area contributed by atoms with Crippen molar-refractivity contribution in [3.63, 3.8) is 0 Å². The Bertz CT molecular complexity index is 1120. The highest BCUT2D eigenvalue weighted by Gasteiger charge is 2.39. The van der Waals surface area contributed by atoms with Gasteiger partial charge in [0.05, 0.1) is 17.9 Å². The Labute approximate surface area is 156 Å². The van der Waals surface area contributed by atoms with E-state index >= 15 is 0 Å². The van der Waals surface area contributed by atoms with Gasteiger partial charge in [0.25, 0.3) is 5.56 Å². The fraction of sp³-hybridized carbons (Fsp3) is 0.190. The zero-order valence-electron chi connectivity index (χ0n) is 14.8. The monoisotopic (exact) mass is 357 g/mol. The van der Waals surface area contributed by atoms with Crippen molar-refractivity contribution in [2.24, 2.45) is 11.0 Å². The van der Waals surface area contributed by atoms with Gasteiger partial charge in [-0.1, -0.05) is 30.3 Å². The predicted molar refractivity (Wildman–Crippen MR) is 108 cm³/mol. The average Bonchev–Trinajstić information content (AvgIpc) is 3.13. The zero-order chi connectivity index (χ0) is 18.4. The Morgan fingerprint density at radius 3 is 2.74 bits per heavy atom. The maximum absolute atomic E-state index is 13.3. The fourth-order valence-corrected chi connectivity index (χ4v) is 3.91. The standard InChI is InChI=1S/C21H19N5O/c1-2-11-24-13-15-14-26(16-8-4-3-5-9-16)23-19(15)18-20(24)22-17-10-6-7-12-25(17)21(18)27/h2-10,12,15H,1,11,13-14H2/t15-/m1/s1. The number of hydrogen-bond donors (Lipinski definition) is 0. The van der Waals surface area contributed by atoms with Crippen LogP contribution in [-0.2, 0) is 0 Å². The summed E-state index contributed by atoms with van der Waals surface area (Å²) in [6.07, 6.45) is 3.61. The van der Waals surface area contributed by atoms with E-state index in [0.717, 1.165) is 24.5 Å². The largest absolute Gasteiger partial charge is 0.351 e. The third kappa shape index (κ3) is 2.44. The quantitative estimate of drug-likeness (QED) is 0.676. The minimum atomic E-state index is -0.0666. The lowest BCUT2D eigenvalue weighted by Gasteiger charge is -2.32. The van der Waals surface area contributed by atoms with Gasteiger partial charge in [0, 0.05) is 25.2 Å². The van der Waals surface area contributed by atoms with Gasteiger partial charge in [-0.05, 0) is 24.3 Å². The highest BCUT2D eigenvalue weighted by Crippen LogP contribution is 2.32. The van der Waals surface area contributed by atoms with Crippen molar-refractivity contribution >= 4 is 22.9 Å². The van der Waals surface area contributed by atoms with Gasteiger partial charge in [0.1, 0.15) is 17.0 Å². The molecular formula is C21H19N5O. The number of aromatic nitrogens is 2. The van der Waals surface area contributed by atoms with Crippen molar-refractivity contribution < 1.29 is 0 Å². The minimum Gasteiger partial charge on any atom is -0.351 e. The third-order valence-corrected chi connectivity index (χ3v) is 5.12. The molecule has 27 heavy (non-hydrogen) atoms. The van der Waals surface area contributed by atoms with Gasteiger partial charge in [-0.25, -0.2) is 4.98 Å². The molecule has 0 saturated heterocycles. The molecule has 0 spiro atoms. The number of hydrogen-bond acceptors (Lipinski definition) is 5. The summed E-state index contributed by atoms with van der Waals surface area (Å²) in [4.78, 5) is 20.2. The first kappa shape index (κ1) is 15.8. The van der Waals surface area contributed by atoms with E-state index in [0.29, 0.717) is 23.6 Å². The molecule has 6 nitrogen and oxygen atoms in total. The van der Waals surface area contributed by atoms with Crippen LogP contribution in [0.4, 0.5) is 11.5 Å². The van der Waals surface area contributed by atoms with E-state index in [1.54, 1.807) is 10.6 Å². The lowest BCUT2D eigenvalue weighted by Crippen LogP contribution is -2.44. The van der Waals surface area contributed by atoms with Crippen LogP contribution in [0.2, 0.25) is 0 Å². The van der Waals surface area contributed by atoms with Crippen LogP contribution in [0.5, 0.6) is 0 Å². The molecule has 0 radical (unpaired) electrons. The van der Waals surface area contributed by atoms with Gasteiger partial charge in [0.2, 0.25) is 0 Å². The molecule has 2 aliphatic heterocycles. The summed E-state index contributed by atoms with van der Waals surface area (Å²) in [6, 6.07) is 15.7. The normalized spacial score (nSPS) is 18.2. The summed E-state index contributed by atoms with van der Waals surface area (Å²) in [5.74, 6) is 0.866. The predicted octanol–water partition coefficient (Wildman–Crippen LogP) is 2.54. The lowest BCUT2D eigenvalue weighted by atomic mass is 9.93. The Hall–Kier alpha value is -3.41. The number of rotatable bonds is 3. The summed E-state index contributed by atoms with van der Waals surface area (Å²) >= 11 is 0. The minimum absolute atomic E-state index is 0.0666. The number of pyridine rings is 1. The molecule has 1 aromatic carbocycles. The average molecular weight is 357 g/mol. The smallest absolute Gasteiger partial charge is 0.269 e. The van der Waals surface area contributed by atoms with Gasteiger partial charge >= 0.3 is 0 Å². The molecule has 2 aliphatic rings. The van der Waals surface area contributed by atoms with Crippen LogP contribution >= 0.6 is 0 Å². The molecule has 2 aromatic heterocycles.